The van der Waals surface area contributed by atoms with Gasteiger partial charge in [0, 0.05) is 0 Å². The van der Waals surface area contributed by atoms with E-state index in [9.17, 15) is 16.8 Å². The highest BCUT2D eigenvalue weighted by atomic mass is 32.3. The molecule has 10 nitrogen and oxygen atoms in total. The summed E-state index contributed by atoms with van der Waals surface area (Å²) in [6.07, 6.45) is 0. The molecule has 0 heterocycles. The third kappa shape index (κ3) is 8.27. The molecule has 0 aliphatic heterocycles. The summed E-state index contributed by atoms with van der Waals surface area (Å²) in [5.74, 6) is -2.61. The lowest BCUT2D eigenvalue weighted by atomic mass is 10.5. The first-order valence-electron chi connectivity index (χ1n) is 2.79. The van der Waals surface area contributed by atoms with Crippen LogP contribution >= 0.6 is 0 Å². The third-order valence-corrected chi connectivity index (χ3v) is 1.63. The highest BCUT2D eigenvalue weighted by molar-refractivity contribution is 7.81. The van der Waals surface area contributed by atoms with Crippen molar-refractivity contribution in [3.8, 4) is 0 Å². The normalized spacial score (nSPS) is 14.3. The van der Waals surface area contributed by atoms with E-state index in [0.717, 1.165) is 0 Å². The summed E-state index contributed by atoms with van der Waals surface area (Å²) in [6, 6.07) is 0. The molecule has 12 heteroatoms. The van der Waals surface area contributed by atoms with E-state index in [0.29, 0.717) is 0 Å². The van der Waals surface area contributed by atoms with Gasteiger partial charge in [-0.3, -0.25) is 20.6 Å². The molecule has 14 heavy (non-hydrogen) atoms. The van der Waals surface area contributed by atoms with Gasteiger partial charge in [0.15, 0.2) is 0 Å². The zero-order valence-corrected chi connectivity index (χ0v) is 8.16. The fourth-order valence-corrected chi connectivity index (χ4v) is 1.16. The molecule has 0 atom stereocenters. The summed E-state index contributed by atoms with van der Waals surface area (Å²) < 4.78 is 63.5. The topological polar surface area (TPSA) is 179 Å². The SMILES string of the molecule is NC(N)(COS(=O)(=O)O)OS(=O)(=O)O. The molecular weight excluding hydrogens is 244 g/mol. The Hall–Kier alpha value is -0.340. The molecule has 0 aromatic heterocycles. The van der Waals surface area contributed by atoms with Gasteiger partial charge in [-0.1, -0.05) is 0 Å². The fraction of sp³-hybridized carbons (Fsp3) is 1.00. The van der Waals surface area contributed by atoms with Gasteiger partial charge in [-0.25, -0.2) is 8.37 Å². The zero-order valence-electron chi connectivity index (χ0n) is 6.52. The Morgan fingerprint density at radius 1 is 1.07 bits per heavy atom. The minimum atomic E-state index is -4.96. The summed E-state index contributed by atoms with van der Waals surface area (Å²) in [7, 11) is -9.79. The smallest absolute Gasteiger partial charge is 0.288 e. The average Bonchev–Trinajstić information content (AvgIpc) is 1.76. The van der Waals surface area contributed by atoms with Gasteiger partial charge in [-0.2, -0.15) is 16.8 Å². The Kier molecular flexibility index (Phi) is 3.93. The van der Waals surface area contributed by atoms with E-state index >= 15 is 0 Å². The Morgan fingerprint density at radius 2 is 1.50 bits per heavy atom. The summed E-state index contributed by atoms with van der Waals surface area (Å²) in [6.45, 7) is -1.20. The quantitative estimate of drug-likeness (QED) is 0.294. The van der Waals surface area contributed by atoms with Crippen molar-refractivity contribution in [3.63, 3.8) is 0 Å². The predicted molar refractivity (Wildman–Crippen MR) is 41.2 cm³/mol. The van der Waals surface area contributed by atoms with Crippen molar-refractivity contribution in [2.45, 2.75) is 5.85 Å². The Morgan fingerprint density at radius 3 is 1.79 bits per heavy atom. The number of rotatable bonds is 5. The standard InChI is InChI=1S/C2H8N2O8S2/c3-2(4,12-14(8,9)10)1-11-13(5,6)7/h1,3-4H2,(H,5,6,7)(H,8,9,10). The van der Waals surface area contributed by atoms with Crippen LogP contribution in [0.3, 0.4) is 0 Å². The lowest BCUT2D eigenvalue weighted by Gasteiger charge is -2.20. The van der Waals surface area contributed by atoms with Crippen molar-refractivity contribution in [2.24, 2.45) is 11.5 Å². The molecule has 0 aromatic carbocycles. The van der Waals surface area contributed by atoms with Crippen molar-refractivity contribution in [2.75, 3.05) is 6.61 Å². The molecule has 0 fully saturated rings. The average molecular weight is 252 g/mol. The molecule has 0 unspecified atom stereocenters. The van der Waals surface area contributed by atoms with E-state index in [-0.39, 0.29) is 0 Å². The highest BCUT2D eigenvalue weighted by Gasteiger charge is 2.29. The van der Waals surface area contributed by atoms with Crippen LogP contribution in [-0.4, -0.2) is 38.4 Å². The van der Waals surface area contributed by atoms with Gasteiger partial charge in [0.1, 0.15) is 6.61 Å². The molecule has 0 aliphatic rings. The van der Waals surface area contributed by atoms with Gasteiger partial charge >= 0.3 is 20.8 Å². The van der Waals surface area contributed by atoms with E-state index in [4.69, 9.17) is 20.6 Å². The molecule has 0 bridgehead atoms. The molecule has 6 N–H and O–H groups in total. The number of nitrogens with two attached hydrogens (primary N) is 2. The highest BCUT2D eigenvalue weighted by Crippen LogP contribution is 2.02. The van der Waals surface area contributed by atoms with Crippen LogP contribution in [0.2, 0.25) is 0 Å². The molecule has 0 radical (unpaired) electrons. The van der Waals surface area contributed by atoms with E-state index in [1.807, 2.05) is 0 Å². The van der Waals surface area contributed by atoms with Gasteiger partial charge in [0.05, 0.1) is 0 Å². The third-order valence-electron chi connectivity index (χ3n) is 0.694. The molecular formula is C2H8N2O8S2. The predicted octanol–water partition coefficient (Wildman–Crippen LogP) is -2.80. The van der Waals surface area contributed by atoms with Crippen LogP contribution in [0.1, 0.15) is 0 Å². The van der Waals surface area contributed by atoms with Crippen molar-refractivity contribution in [1.29, 1.82) is 0 Å². The second-order valence-corrected chi connectivity index (χ2v) is 4.27. The van der Waals surface area contributed by atoms with E-state index in [1.165, 1.54) is 0 Å². The zero-order chi connectivity index (χ0) is 11.6. The molecule has 0 saturated carbocycles. The van der Waals surface area contributed by atoms with Gasteiger partial charge in [0.2, 0.25) is 5.85 Å². The summed E-state index contributed by atoms with van der Waals surface area (Å²) >= 11 is 0. The molecule has 0 amide bonds. The first kappa shape index (κ1) is 13.7. The van der Waals surface area contributed by atoms with E-state index in [2.05, 4.69) is 8.37 Å². The van der Waals surface area contributed by atoms with Crippen LogP contribution in [0.25, 0.3) is 0 Å². The Balaban J connectivity index is 4.37. The molecule has 86 valence electrons. The van der Waals surface area contributed by atoms with Crippen LogP contribution in [0.4, 0.5) is 0 Å². The van der Waals surface area contributed by atoms with Gasteiger partial charge < -0.3 is 0 Å². The second-order valence-electron chi connectivity index (χ2n) is 2.16. The van der Waals surface area contributed by atoms with Gasteiger partial charge in [0.25, 0.3) is 0 Å². The number of hydrogen-bond donors (Lipinski definition) is 4. The monoisotopic (exact) mass is 252 g/mol. The van der Waals surface area contributed by atoms with Crippen LogP contribution in [0.15, 0.2) is 0 Å². The van der Waals surface area contributed by atoms with Crippen molar-refractivity contribution in [3.05, 3.63) is 0 Å². The van der Waals surface area contributed by atoms with Crippen LogP contribution in [0.5, 0.6) is 0 Å². The first-order valence-corrected chi connectivity index (χ1v) is 5.52. The number of hydrogen-bond acceptors (Lipinski definition) is 8. The molecule has 0 rings (SSSR count). The van der Waals surface area contributed by atoms with E-state index < -0.39 is 33.3 Å². The lowest BCUT2D eigenvalue weighted by molar-refractivity contribution is 0.0239. The maximum Gasteiger partial charge on any atom is 0.400 e. The fourth-order valence-electron chi connectivity index (χ4n) is 0.387. The lowest BCUT2D eigenvalue weighted by Crippen LogP contribution is -2.57. The van der Waals surface area contributed by atoms with E-state index in [1.54, 1.807) is 0 Å². The Labute approximate surface area is 79.7 Å². The van der Waals surface area contributed by atoms with Crippen molar-refractivity contribution in [1.82, 2.24) is 0 Å². The minimum absolute atomic E-state index is 1.20. The van der Waals surface area contributed by atoms with Crippen molar-refractivity contribution >= 4 is 20.8 Å². The molecule has 0 aliphatic carbocycles. The molecule has 0 saturated heterocycles. The van der Waals surface area contributed by atoms with Crippen LogP contribution in [0, 0.1) is 0 Å². The van der Waals surface area contributed by atoms with Crippen molar-refractivity contribution < 1.29 is 34.3 Å². The van der Waals surface area contributed by atoms with Gasteiger partial charge in [-0.15, -0.1) is 0 Å². The molecule has 0 spiro atoms. The summed E-state index contributed by atoms with van der Waals surface area (Å²) in [5.41, 5.74) is 9.65. The van der Waals surface area contributed by atoms with Gasteiger partial charge in [-0.05, 0) is 0 Å². The second kappa shape index (κ2) is 4.03. The summed E-state index contributed by atoms with van der Waals surface area (Å²) in [5, 5.41) is 0. The molecule has 0 aromatic rings. The summed E-state index contributed by atoms with van der Waals surface area (Å²) in [4.78, 5) is 0. The maximum absolute atomic E-state index is 10.1. The maximum atomic E-state index is 10.1. The minimum Gasteiger partial charge on any atom is -0.288 e. The Bertz CT molecular complexity index is 380. The largest absolute Gasteiger partial charge is 0.400 e. The first-order chi connectivity index (χ1) is 5.91. The van der Waals surface area contributed by atoms with Crippen LogP contribution < -0.4 is 11.5 Å². The van der Waals surface area contributed by atoms with Crippen LogP contribution in [-0.2, 0) is 29.2 Å².